The third-order valence-corrected chi connectivity index (χ3v) is 5.54. The van der Waals surface area contributed by atoms with E-state index in [-0.39, 0.29) is 29.3 Å². The number of fused-ring (bicyclic) bond motifs is 1. The summed E-state index contributed by atoms with van der Waals surface area (Å²) in [6.45, 7) is 2.54. The van der Waals surface area contributed by atoms with Gasteiger partial charge in [0.15, 0.2) is 17.1 Å². The summed E-state index contributed by atoms with van der Waals surface area (Å²) in [5.74, 6) is -0.844. The standard InChI is InChI=1S/C21H21ClFN3O3/c1-12-16(24-21-25-17-11-13(22)8-9-18(17)29-21)7-4-10-26(12)20(27)14-5-3-6-15(23)19(14)28-2/h3,5-6,8-9,11-12,16H,4,7,10H2,1-2H3,(H,24,25)/t12-,16?/m1/s1. The Morgan fingerprint density at radius 2 is 2.21 bits per heavy atom. The number of nitrogens with zero attached hydrogens (tertiary/aromatic N) is 2. The van der Waals surface area contributed by atoms with Gasteiger partial charge in [0.25, 0.3) is 11.9 Å². The molecule has 3 aromatic rings. The number of methoxy groups -OCH3 is 1. The van der Waals surface area contributed by atoms with Gasteiger partial charge in [-0.2, -0.15) is 4.98 Å². The second kappa shape index (κ2) is 7.91. The second-order valence-electron chi connectivity index (χ2n) is 7.08. The van der Waals surface area contributed by atoms with E-state index in [4.69, 9.17) is 20.8 Å². The van der Waals surface area contributed by atoms with Crippen LogP contribution in [-0.4, -0.2) is 41.5 Å². The van der Waals surface area contributed by atoms with E-state index in [1.54, 1.807) is 29.2 Å². The van der Waals surface area contributed by atoms with Gasteiger partial charge in [-0.05, 0) is 50.1 Å². The molecule has 0 saturated carbocycles. The van der Waals surface area contributed by atoms with Crippen LogP contribution in [0.25, 0.3) is 11.1 Å². The number of rotatable bonds is 4. The Morgan fingerprint density at radius 3 is 3.00 bits per heavy atom. The number of ether oxygens (including phenoxy) is 1. The van der Waals surface area contributed by atoms with Crippen LogP contribution in [0.1, 0.15) is 30.1 Å². The second-order valence-corrected chi connectivity index (χ2v) is 7.52. The number of oxazole rings is 1. The number of nitrogens with one attached hydrogen (secondary N) is 1. The number of hydrogen-bond donors (Lipinski definition) is 1. The molecule has 29 heavy (non-hydrogen) atoms. The Bertz CT molecular complexity index is 1050. The Hall–Kier alpha value is -2.80. The number of carbonyl (C=O) groups is 1. The number of aromatic nitrogens is 1. The van der Waals surface area contributed by atoms with Crippen molar-refractivity contribution in [2.75, 3.05) is 19.0 Å². The van der Waals surface area contributed by atoms with Crippen LogP contribution in [0.3, 0.4) is 0 Å². The van der Waals surface area contributed by atoms with E-state index in [1.165, 1.54) is 19.2 Å². The van der Waals surface area contributed by atoms with Gasteiger partial charge in [0, 0.05) is 17.6 Å². The average molecular weight is 418 g/mol. The predicted octanol–water partition coefficient (Wildman–Crippen LogP) is 4.73. The normalized spacial score (nSPS) is 19.4. The van der Waals surface area contributed by atoms with Crippen molar-refractivity contribution in [2.24, 2.45) is 0 Å². The van der Waals surface area contributed by atoms with E-state index >= 15 is 0 Å². The minimum Gasteiger partial charge on any atom is -0.493 e. The number of piperidine rings is 1. The van der Waals surface area contributed by atoms with Gasteiger partial charge in [0.2, 0.25) is 0 Å². The Labute approximate surface area is 172 Å². The lowest BCUT2D eigenvalue weighted by Gasteiger charge is -2.39. The van der Waals surface area contributed by atoms with E-state index in [1.807, 2.05) is 6.92 Å². The van der Waals surface area contributed by atoms with E-state index in [0.717, 1.165) is 12.8 Å². The molecule has 8 heteroatoms. The van der Waals surface area contributed by atoms with Crippen LogP contribution in [0.15, 0.2) is 40.8 Å². The van der Waals surface area contributed by atoms with Gasteiger partial charge in [0.05, 0.1) is 18.7 Å². The molecule has 152 valence electrons. The summed E-state index contributed by atoms with van der Waals surface area (Å²) in [6.07, 6.45) is 1.65. The van der Waals surface area contributed by atoms with E-state index in [0.29, 0.717) is 28.7 Å². The molecular weight excluding hydrogens is 397 g/mol. The highest BCUT2D eigenvalue weighted by molar-refractivity contribution is 6.31. The SMILES string of the molecule is COc1c(F)cccc1C(=O)N1CCCC(Nc2nc3cc(Cl)ccc3o2)[C@H]1C. The van der Waals surface area contributed by atoms with Crippen molar-refractivity contribution in [1.82, 2.24) is 9.88 Å². The Balaban J connectivity index is 1.55. The number of carbonyl (C=O) groups excluding carboxylic acids is 1. The molecule has 0 bridgehead atoms. The topological polar surface area (TPSA) is 67.6 Å². The molecule has 2 heterocycles. The molecule has 1 saturated heterocycles. The first-order valence-corrected chi connectivity index (χ1v) is 9.82. The smallest absolute Gasteiger partial charge is 0.295 e. The maximum atomic E-state index is 14.0. The third-order valence-electron chi connectivity index (χ3n) is 5.31. The predicted molar refractivity (Wildman–Crippen MR) is 109 cm³/mol. The highest BCUT2D eigenvalue weighted by atomic mass is 35.5. The van der Waals surface area contributed by atoms with Crippen molar-refractivity contribution < 1.29 is 18.3 Å². The van der Waals surface area contributed by atoms with Gasteiger partial charge in [-0.25, -0.2) is 4.39 Å². The van der Waals surface area contributed by atoms with Crippen LogP contribution >= 0.6 is 11.6 Å². The summed E-state index contributed by atoms with van der Waals surface area (Å²) < 4.78 is 24.9. The summed E-state index contributed by atoms with van der Waals surface area (Å²) in [5, 5.41) is 3.88. The lowest BCUT2D eigenvalue weighted by molar-refractivity contribution is 0.0611. The van der Waals surface area contributed by atoms with Gasteiger partial charge < -0.3 is 19.4 Å². The van der Waals surface area contributed by atoms with Crippen LogP contribution in [-0.2, 0) is 0 Å². The van der Waals surface area contributed by atoms with Crippen molar-refractivity contribution in [2.45, 2.75) is 31.8 Å². The molecule has 6 nitrogen and oxygen atoms in total. The van der Waals surface area contributed by atoms with E-state index < -0.39 is 5.82 Å². The zero-order valence-electron chi connectivity index (χ0n) is 16.1. The molecule has 1 aliphatic rings. The molecule has 1 aromatic heterocycles. The molecule has 1 unspecified atom stereocenters. The fraction of sp³-hybridized carbons (Fsp3) is 0.333. The van der Waals surface area contributed by atoms with Crippen molar-refractivity contribution in [1.29, 1.82) is 0 Å². The lowest BCUT2D eigenvalue weighted by Crippen LogP contribution is -2.52. The van der Waals surface area contributed by atoms with Gasteiger partial charge >= 0.3 is 0 Å². The first kappa shape index (κ1) is 19.5. The quantitative estimate of drug-likeness (QED) is 0.664. The molecule has 1 fully saturated rings. The molecule has 0 spiro atoms. The van der Waals surface area contributed by atoms with Crippen LogP contribution in [0.4, 0.5) is 10.4 Å². The molecule has 0 radical (unpaired) electrons. The summed E-state index contributed by atoms with van der Waals surface area (Å²) >= 11 is 6.01. The van der Waals surface area contributed by atoms with Crippen molar-refractivity contribution in [3.05, 3.63) is 52.8 Å². The molecule has 2 aromatic carbocycles. The molecule has 2 atom stereocenters. The number of amides is 1. The van der Waals surface area contributed by atoms with Crippen molar-refractivity contribution in [3.63, 3.8) is 0 Å². The maximum absolute atomic E-state index is 14.0. The molecule has 4 rings (SSSR count). The van der Waals surface area contributed by atoms with Crippen LogP contribution in [0, 0.1) is 5.82 Å². The fourth-order valence-corrected chi connectivity index (χ4v) is 3.95. The van der Waals surface area contributed by atoms with Gasteiger partial charge in [0.1, 0.15) is 5.52 Å². The number of benzene rings is 2. The van der Waals surface area contributed by atoms with E-state index in [9.17, 15) is 9.18 Å². The monoisotopic (exact) mass is 417 g/mol. The van der Waals surface area contributed by atoms with Crippen molar-refractivity contribution >= 4 is 34.6 Å². The van der Waals surface area contributed by atoms with Gasteiger partial charge in [-0.1, -0.05) is 17.7 Å². The fourth-order valence-electron chi connectivity index (χ4n) is 3.78. The van der Waals surface area contributed by atoms with Gasteiger partial charge in [-0.15, -0.1) is 0 Å². The zero-order chi connectivity index (χ0) is 20.5. The maximum Gasteiger partial charge on any atom is 0.295 e. The molecule has 1 amide bonds. The van der Waals surface area contributed by atoms with Crippen LogP contribution in [0.5, 0.6) is 5.75 Å². The largest absolute Gasteiger partial charge is 0.493 e. The first-order valence-electron chi connectivity index (χ1n) is 9.44. The molecular formula is C21H21ClFN3O3. The third kappa shape index (κ3) is 3.74. The summed E-state index contributed by atoms with van der Waals surface area (Å²) in [5.41, 5.74) is 1.52. The number of likely N-dealkylation sites (tertiary alicyclic amines) is 1. The Morgan fingerprint density at radius 1 is 1.38 bits per heavy atom. The number of halogens is 2. The van der Waals surface area contributed by atoms with Crippen LogP contribution < -0.4 is 10.1 Å². The van der Waals surface area contributed by atoms with Crippen molar-refractivity contribution in [3.8, 4) is 5.75 Å². The zero-order valence-corrected chi connectivity index (χ0v) is 16.9. The van der Waals surface area contributed by atoms with E-state index in [2.05, 4.69) is 10.3 Å². The minimum absolute atomic E-state index is 0.0318. The first-order chi connectivity index (χ1) is 14.0. The average Bonchev–Trinajstić information content (AvgIpc) is 3.10. The highest BCUT2D eigenvalue weighted by Gasteiger charge is 2.33. The number of para-hydroxylation sites is 1. The summed E-state index contributed by atoms with van der Waals surface area (Å²) in [6, 6.07) is 9.80. The molecule has 1 N–H and O–H groups in total. The molecule has 0 aliphatic carbocycles. The highest BCUT2D eigenvalue weighted by Crippen LogP contribution is 2.29. The Kier molecular flexibility index (Phi) is 5.32. The number of anilines is 1. The summed E-state index contributed by atoms with van der Waals surface area (Å²) in [4.78, 5) is 19.3. The molecule has 1 aliphatic heterocycles. The summed E-state index contributed by atoms with van der Waals surface area (Å²) in [7, 11) is 1.36. The van der Waals surface area contributed by atoms with Gasteiger partial charge in [-0.3, -0.25) is 4.79 Å². The number of hydrogen-bond acceptors (Lipinski definition) is 5. The lowest BCUT2D eigenvalue weighted by atomic mass is 9.96. The van der Waals surface area contributed by atoms with Crippen LogP contribution in [0.2, 0.25) is 5.02 Å². The minimum atomic E-state index is -0.553.